The number of carbonyl (C=O) groups excluding carboxylic acids is 1. The van der Waals surface area contributed by atoms with Gasteiger partial charge in [0.25, 0.3) is 0 Å². The molecule has 0 aliphatic rings. The first-order chi connectivity index (χ1) is 9.86. The highest BCUT2D eigenvalue weighted by molar-refractivity contribution is 6.30. The lowest BCUT2D eigenvalue weighted by Gasteiger charge is -2.21. The van der Waals surface area contributed by atoms with Gasteiger partial charge in [0.05, 0.1) is 12.8 Å². The van der Waals surface area contributed by atoms with Crippen molar-refractivity contribution in [3.8, 4) is 5.75 Å². The van der Waals surface area contributed by atoms with E-state index in [9.17, 15) is 9.59 Å². The summed E-state index contributed by atoms with van der Waals surface area (Å²) in [6.45, 7) is 1.82. The molecule has 116 valence electrons. The van der Waals surface area contributed by atoms with Gasteiger partial charge in [0.15, 0.2) is 0 Å². The number of carboxylic acids is 1. The fourth-order valence-electron chi connectivity index (χ4n) is 1.68. The molecule has 0 spiro atoms. The Kier molecular flexibility index (Phi) is 6.30. The van der Waals surface area contributed by atoms with Crippen molar-refractivity contribution in [1.82, 2.24) is 4.90 Å². The number of carbonyl (C=O) groups is 2. The molecule has 0 heterocycles. The molecule has 0 radical (unpaired) electrons. The first-order valence-electron chi connectivity index (χ1n) is 6.42. The second-order valence-electron chi connectivity index (χ2n) is 4.54. The second kappa shape index (κ2) is 7.73. The Bertz CT molecular complexity index is 522. The number of benzene rings is 1. The molecule has 0 aliphatic carbocycles. The number of hydrogen-bond acceptors (Lipinski definition) is 4. The number of methoxy groups -OCH3 is 1. The summed E-state index contributed by atoms with van der Waals surface area (Å²) in [4.78, 5) is 23.9. The molecule has 1 aromatic carbocycles. The molecule has 0 saturated carbocycles. The highest BCUT2D eigenvalue weighted by atomic mass is 35.5. The van der Waals surface area contributed by atoms with Gasteiger partial charge in [-0.05, 0) is 25.1 Å². The number of rotatable bonds is 7. The van der Waals surface area contributed by atoms with Crippen molar-refractivity contribution in [2.75, 3.05) is 26.0 Å². The molecule has 1 aromatic rings. The molecular weight excluding hydrogens is 296 g/mol. The minimum absolute atomic E-state index is 0.170. The zero-order valence-corrected chi connectivity index (χ0v) is 13.0. The number of aliphatic carboxylic acids is 1. The Hall–Kier alpha value is -1.95. The molecule has 1 rings (SSSR count). The van der Waals surface area contributed by atoms with Gasteiger partial charge in [-0.3, -0.25) is 4.79 Å². The summed E-state index contributed by atoms with van der Waals surface area (Å²) in [5, 5.41) is 12.5. The Morgan fingerprint density at radius 1 is 1.48 bits per heavy atom. The number of carboxylic acid groups (broad SMARTS) is 1. The van der Waals surface area contributed by atoms with Crippen LogP contribution in [0.25, 0.3) is 0 Å². The molecule has 0 aromatic heterocycles. The predicted octanol–water partition coefficient (Wildman–Crippen LogP) is 2.08. The Morgan fingerprint density at radius 2 is 2.14 bits per heavy atom. The van der Waals surface area contributed by atoms with Crippen LogP contribution in [0.5, 0.6) is 5.75 Å². The normalized spacial score (nSPS) is 11.6. The largest absolute Gasteiger partial charge is 0.495 e. The number of amides is 1. The zero-order chi connectivity index (χ0) is 16.0. The smallest absolute Gasteiger partial charge is 0.326 e. The van der Waals surface area contributed by atoms with Gasteiger partial charge in [-0.1, -0.05) is 11.6 Å². The maximum Gasteiger partial charge on any atom is 0.326 e. The third-order valence-corrected chi connectivity index (χ3v) is 3.38. The van der Waals surface area contributed by atoms with Crippen molar-refractivity contribution >= 4 is 29.2 Å². The Balaban J connectivity index is 2.55. The summed E-state index contributed by atoms with van der Waals surface area (Å²) in [6.07, 6.45) is 0.170. The van der Waals surface area contributed by atoms with Crippen LogP contribution in [0, 0.1) is 0 Å². The summed E-state index contributed by atoms with van der Waals surface area (Å²) in [7, 11) is 3.02. The van der Waals surface area contributed by atoms with E-state index in [2.05, 4.69) is 5.32 Å². The lowest BCUT2D eigenvalue weighted by atomic mass is 10.2. The van der Waals surface area contributed by atoms with Crippen LogP contribution < -0.4 is 10.1 Å². The number of ether oxygens (including phenoxy) is 1. The van der Waals surface area contributed by atoms with Crippen molar-refractivity contribution in [2.45, 2.75) is 19.4 Å². The molecule has 0 bridgehead atoms. The third-order valence-electron chi connectivity index (χ3n) is 3.15. The van der Waals surface area contributed by atoms with Crippen molar-refractivity contribution in [1.29, 1.82) is 0 Å². The SMILES string of the molecule is COc1ccc(Cl)cc1NCCC(=O)N(C)C(C)C(=O)O. The summed E-state index contributed by atoms with van der Waals surface area (Å²) >= 11 is 5.91. The highest BCUT2D eigenvalue weighted by Gasteiger charge is 2.21. The number of nitrogens with zero attached hydrogens (tertiary/aromatic N) is 1. The van der Waals surface area contributed by atoms with E-state index in [1.807, 2.05) is 0 Å². The van der Waals surface area contributed by atoms with Gasteiger partial charge in [-0.2, -0.15) is 0 Å². The lowest BCUT2D eigenvalue weighted by Crippen LogP contribution is -2.40. The van der Waals surface area contributed by atoms with Crippen LogP contribution in [0.2, 0.25) is 5.02 Å². The van der Waals surface area contributed by atoms with Crippen LogP contribution in [0.15, 0.2) is 18.2 Å². The average molecular weight is 315 g/mol. The molecule has 7 heteroatoms. The van der Waals surface area contributed by atoms with E-state index in [1.165, 1.54) is 18.9 Å². The Morgan fingerprint density at radius 3 is 2.71 bits per heavy atom. The predicted molar refractivity (Wildman–Crippen MR) is 81.0 cm³/mol. The van der Waals surface area contributed by atoms with Crippen molar-refractivity contribution in [2.24, 2.45) is 0 Å². The van der Waals surface area contributed by atoms with Crippen molar-refractivity contribution in [3.63, 3.8) is 0 Å². The van der Waals surface area contributed by atoms with E-state index in [0.717, 1.165) is 0 Å². The molecule has 1 atom stereocenters. The first kappa shape index (κ1) is 17.1. The fraction of sp³-hybridized carbons (Fsp3) is 0.429. The van der Waals surface area contributed by atoms with E-state index in [4.69, 9.17) is 21.4 Å². The van der Waals surface area contributed by atoms with E-state index in [1.54, 1.807) is 25.3 Å². The summed E-state index contributed by atoms with van der Waals surface area (Å²) in [6, 6.07) is 4.29. The number of anilines is 1. The number of likely N-dealkylation sites (N-methyl/N-ethyl adjacent to an activating group) is 1. The molecule has 21 heavy (non-hydrogen) atoms. The zero-order valence-electron chi connectivity index (χ0n) is 12.2. The van der Waals surface area contributed by atoms with Crippen LogP contribution in [-0.2, 0) is 9.59 Å². The van der Waals surface area contributed by atoms with E-state index < -0.39 is 12.0 Å². The van der Waals surface area contributed by atoms with Gasteiger partial charge in [0.1, 0.15) is 11.8 Å². The molecule has 1 amide bonds. The molecular formula is C14H19ClN2O4. The van der Waals surface area contributed by atoms with Gasteiger partial charge in [-0.15, -0.1) is 0 Å². The third kappa shape index (κ3) is 4.82. The Labute approximate surface area is 128 Å². The lowest BCUT2D eigenvalue weighted by molar-refractivity contribution is -0.148. The topological polar surface area (TPSA) is 78.9 Å². The number of nitrogens with one attached hydrogen (secondary N) is 1. The maximum absolute atomic E-state index is 11.9. The summed E-state index contributed by atoms with van der Waals surface area (Å²) in [5.74, 6) is -0.659. The van der Waals surface area contributed by atoms with Crippen LogP contribution in [0.3, 0.4) is 0 Å². The van der Waals surface area contributed by atoms with Gasteiger partial charge < -0.3 is 20.1 Å². The first-order valence-corrected chi connectivity index (χ1v) is 6.80. The van der Waals surface area contributed by atoms with Gasteiger partial charge in [0, 0.05) is 25.0 Å². The van der Waals surface area contributed by atoms with Crippen LogP contribution in [0.1, 0.15) is 13.3 Å². The number of hydrogen-bond donors (Lipinski definition) is 2. The average Bonchev–Trinajstić information content (AvgIpc) is 2.45. The van der Waals surface area contributed by atoms with Crippen LogP contribution in [-0.4, -0.2) is 48.6 Å². The minimum Gasteiger partial charge on any atom is -0.495 e. The standard InChI is InChI=1S/C14H19ClN2O4/c1-9(14(19)20)17(2)13(18)6-7-16-11-8-10(15)4-5-12(11)21-3/h4-5,8-9,16H,6-7H2,1-3H3,(H,19,20). The molecule has 2 N–H and O–H groups in total. The van der Waals surface area contributed by atoms with Crippen LogP contribution in [0.4, 0.5) is 5.69 Å². The van der Waals surface area contributed by atoms with Gasteiger partial charge in [0.2, 0.25) is 5.91 Å². The van der Waals surface area contributed by atoms with Crippen molar-refractivity contribution < 1.29 is 19.4 Å². The second-order valence-corrected chi connectivity index (χ2v) is 4.98. The molecule has 0 aliphatic heterocycles. The van der Waals surface area contributed by atoms with Gasteiger partial charge in [-0.25, -0.2) is 4.79 Å². The highest BCUT2D eigenvalue weighted by Crippen LogP contribution is 2.27. The summed E-state index contributed by atoms with van der Waals surface area (Å²) in [5.41, 5.74) is 0.687. The minimum atomic E-state index is -1.03. The van der Waals surface area contributed by atoms with Gasteiger partial charge >= 0.3 is 5.97 Å². The van der Waals surface area contributed by atoms with E-state index in [-0.39, 0.29) is 12.3 Å². The maximum atomic E-state index is 11.9. The fourth-order valence-corrected chi connectivity index (χ4v) is 1.85. The summed E-state index contributed by atoms with van der Waals surface area (Å²) < 4.78 is 5.18. The van der Waals surface area contributed by atoms with E-state index >= 15 is 0 Å². The van der Waals surface area contributed by atoms with Crippen molar-refractivity contribution in [3.05, 3.63) is 23.2 Å². The number of halogens is 1. The molecule has 0 fully saturated rings. The molecule has 0 saturated heterocycles. The molecule has 1 unspecified atom stereocenters. The monoisotopic (exact) mass is 314 g/mol. The van der Waals surface area contributed by atoms with E-state index in [0.29, 0.717) is 23.0 Å². The van der Waals surface area contributed by atoms with Crippen LogP contribution >= 0.6 is 11.6 Å². The molecule has 6 nitrogen and oxygen atoms in total. The quantitative estimate of drug-likeness (QED) is 0.805.